The standard InChI is InChI=1S/C25H24N6O3S/c32-25(27-24-11-5-4-10-23(24)19-7-2-1-3-8-19)20-9-6-16-30(17-20)35(33,34)22-14-12-21(13-15-22)31-18-26-28-29-31/h1-5,7-8,10-15,18,20H,6,9,16-17H2,(H,27,32). The second-order valence-corrected chi connectivity index (χ2v) is 10.3. The summed E-state index contributed by atoms with van der Waals surface area (Å²) in [6.45, 7) is 0.512. The Morgan fingerprint density at radius 2 is 1.69 bits per heavy atom. The quantitative estimate of drug-likeness (QED) is 0.446. The van der Waals surface area contributed by atoms with E-state index in [1.54, 1.807) is 12.1 Å². The van der Waals surface area contributed by atoms with Gasteiger partial charge in [0.05, 0.1) is 16.5 Å². The minimum absolute atomic E-state index is 0.135. The van der Waals surface area contributed by atoms with Crippen LogP contribution in [0.2, 0.25) is 0 Å². The van der Waals surface area contributed by atoms with Crippen molar-refractivity contribution in [1.29, 1.82) is 0 Å². The topological polar surface area (TPSA) is 110 Å². The fraction of sp³-hybridized carbons (Fsp3) is 0.200. The Morgan fingerprint density at radius 3 is 2.43 bits per heavy atom. The Bertz CT molecular complexity index is 1410. The van der Waals surface area contributed by atoms with E-state index < -0.39 is 15.9 Å². The van der Waals surface area contributed by atoms with E-state index in [1.165, 1.54) is 27.4 Å². The molecule has 9 nitrogen and oxygen atoms in total. The average Bonchev–Trinajstić information content (AvgIpc) is 3.45. The molecule has 1 atom stereocenters. The summed E-state index contributed by atoms with van der Waals surface area (Å²) in [4.78, 5) is 13.4. The Balaban J connectivity index is 1.31. The van der Waals surface area contributed by atoms with E-state index >= 15 is 0 Å². The molecule has 3 aromatic carbocycles. The number of para-hydroxylation sites is 1. The molecule has 0 aliphatic carbocycles. The van der Waals surface area contributed by atoms with Gasteiger partial charge >= 0.3 is 0 Å². The van der Waals surface area contributed by atoms with Crippen LogP contribution in [0.5, 0.6) is 0 Å². The van der Waals surface area contributed by atoms with Crippen LogP contribution in [0, 0.1) is 5.92 Å². The molecule has 0 bridgehead atoms. The van der Waals surface area contributed by atoms with Gasteiger partial charge < -0.3 is 5.32 Å². The highest BCUT2D eigenvalue weighted by Gasteiger charge is 2.33. The average molecular weight is 489 g/mol. The number of carbonyl (C=O) groups is 1. The third-order valence-electron chi connectivity index (χ3n) is 6.11. The molecule has 1 aliphatic rings. The Labute approximate surface area is 203 Å². The Hall–Kier alpha value is -3.89. The highest BCUT2D eigenvalue weighted by atomic mass is 32.2. The van der Waals surface area contributed by atoms with Gasteiger partial charge in [-0.2, -0.15) is 4.31 Å². The van der Waals surface area contributed by atoms with E-state index in [2.05, 4.69) is 20.8 Å². The molecule has 0 spiro atoms. The summed E-state index contributed by atoms with van der Waals surface area (Å²) in [5.41, 5.74) is 3.29. The summed E-state index contributed by atoms with van der Waals surface area (Å²) < 4.78 is 29.4. The van der Waals surface area contributed by atoms with E-state index in [1.807, 2.05) is 54.6 Å². The largest absolute Gasteiger partial charge is 0.325 e. The number of carbonyl (C=O) groups excluding carboxylic acids is 1. The maximum atomic E-state index is 13.3. The van der Waals surface area contributed by atoms with E-state index in [9.17, 15) is 13.2 Å². The highest BCUT2D eigenvalue weighted by Crippen LogP contribution is 2.30. The summed E-state index contributed by atoms with van der Waals surface area (Å²) in [5.74, 6) is -0.620. The van der Waals surface area contributed by atoms with Crippen LogP contribution < -0.4 is 5.32 Å². The molecule has 1 fully saturated rings. The highest BCUT2D eigenvalue weighted by molar-refractivity contribution is 7.89. The number of anilines is 1. The van der Waals surface area contributed by atoms with Crippen molar-refractivity contribution in [3.8, 4) is 16.8 Å². The second-order valence-electron chi connectivity index (χ2n) is 8.35. The zero-order chi connectivity index (χ0) is 24.3. The van der Waals surface area contributed by atoms with Crippen LogP contribution in [0.3, 0.4) is 0 Å². The number of aromatic nitrogens is 4. The minimum atomic E-state index is -3.75. The number of piperidine rings is 1. The van der Waals surface area contributed by atoms with E-state index in [0.717, 1.165) is 11.1 Å². The van der Waals surface area contributed by atoms with Gasteiger partial charge in [0.15, 0.2) is 0 Å². The van der Waals surface area contributed by atoms with Gasteiger partial charge in [-0.1, -0.05) is 48.5 Å². The van der Waals surface area contributed by atoms with Crippen LogP contribution in [-0.4, -0.2) is 51.9 Å². The molecule has 10 heteroatoms. The van der Waals surface area contributed by atoms with Crippen molar-refractivity contribution in [2.24, 2.45) is 5.92 Å². The van der Waals surface area contributed by atoms with Crippen LogP contribution in [0.15, 0.2) is 90.1 Å². The Kier molecular flexibility index (Phi) is 6.39. The fourth-order valence-electron chi connectivity index (χ4n) is 4.27. The van der Waals surface area contributed by atoms with Crippen molar-refractivity contribution in [2.75, 3.05) is 18.4 Å². The fourth-order valence-corrected chi connectivity index (χ4v) is 5.79. The lowest BCUT2D eigenvalue weighted by Gasteiger charge is -2.31. The first-order valence-electron chi connectivity index (χ1n) is 11.3. The number of nitrogens with zero attached hydrogens (tertiary/aromatic N) is 5. The van der Waals surface area contributed by atoms with E-state index in [-0.39, 0.29) is 17.3 Å². The molecule has 35 heavy (non-hydrogen) atoms. The first kappa shape index (κ1) is 22.9. The van der Waals surface area contributed by atoms with E-state index in [4.69, 9.17) is 0 Å². The minimum Gasteiger partial charge on any atom is -0.325 e. The molecular formula is C25H24N6O3S. The monoisotopic (exact) mass is 488 g/mol. The maximum Gasteiger partial charge on any atom is 0.243 e. The molecule has 4 aromatic rings. The molecule has 0 saturated carbocycles. The van der Waals surface area contributed by atoms with E-state index in [0.29, 0.717) is 30.8 Å². The molecular weight excluding hydrogens is 464 g/mol. The molecule has 5 rings (SSSR count). The van der Waals surface area contributed by atoms with Crippen molar-refractivity contribution in [3.05, 3.63) is 85.2 Å². The first-order chi connectivity index (χ1) is 17.0. The maximum absolute atomic E-state index is 13.3. The lowest BCUT2D eigenvalue weighted by atomic mass is 9.98. The van der Waals surface area contributed by atoms with Gasteiger partial charge in [0, 0.05) is 24.3 Å². The number of hydrogen-bond acceptors (Lipinski definition) is 6. The van der Waals surface area contributed by atoms with Crippen LogP contribution in [-0.2, 0) is 14.8 Å². The Morgan fingerprint density at radius 1 is 0.943 bits per heavy atom. The molecule has 1 amide bonds. The van der Waals surface area contributed by atoms with Crippen LogP contribution in [0.25, 0.3) is 16.8 Å². The summed E-state index contributed by atoms with van der Waals surface area (Å²) >= 11 is 0. The van der Waals surface area contributed by atoms with Gasteiger partial charge in [-0.3, -0.25) is 4.79 Å². The van der Waals surface area contributed by atoms with Gasteiger partial charge in [0.1, 0.15) is 6.33 Å². The summed E-state index contributed by atoms with van der Waals surface area (Å²) in [6, 6.07) is 23.8. The van der Waals surface area contributed by atoms with Crippen LogP contribution in [0.4, 0.5) is 5.69 Å². The predicted octanol–water partition coefficient (Wildman–Crippen LogP) is 3.37. The number of hydrogen-bond donors (Lipinski definition) is 1. The molecule has 1 saturated heterocycles. The zero-order valence-electron chi connectivity index (χ0n) is 18.9. The third kappa shape index (κ3) is 4.84. The number of benzene rings is 3. The smallest absolute Gasteiger partial charge is 0.243 e. The molecule has 1 aromatic heterocycles. The molecule has 1 N–H and O–H groups in total. The van der Waals surface area contributed by atoms with Crippen LogP contribution >= 0.6 is 0 Å². The number of tetrazole rings is 1. The first-order valence-corrected chi connectivity index (χ1v) is 12.8. The van der Waals surface area contributed by atoms with Crippen molar-refractivity contribution in [2.45, 2.75) is 17.7 Å². The number of sulfonamides is 1. The van der Waals surface area contributed by atoms with Gasteiger partial charge in [0.2, 0.25) is 15.9 Å². The predicted molar refractivity (Wildman–Crippen MR) is 131 cm³/mol. The molecule has 0 radical (unpaired) electrons. The van der Waals surface area contributed by atoms with Gasteiger partial charge in [-0.05, 0) is 59.2 Å². The van der Waals surface area contributed by atoms with Crippen molar-refractivity contribution in [3.63, 3.8) is 0 Å². The van der Waals surface area contributed by atoms with Gasteiger partial charge in [-0.15, -0.1) is 5.10 Å². The normalized spacial score (nSPS) is 16.6. The summed E-state index contributed by atoms with van der Waals surface area (Å²) in [6.07, 6.45) is 2.68. The van der Waals surface area contributed by atoms with Crippen LogP contribution in [0.1, 0.15) is 12.8 Å². The van der Waals surface area contributed by atoms with Crippen molar-refractivity contribution in [1.82, 2.24) is 24.5 Å². The lowest BCUT2D eigenvalue weighted by molar-refractivity contribution is -0.120. The third-order valence-corrected chi connectivity index (χ3v) is 7.99. The summed E-state index contributed by atoms with van der Waals surface area (Å²) in [5, 5.41) is 14.0. The lowest BCUT2D eigenvalue weighted by Crippen LogP contribution is -2.43. The summed E-state index contributed by atoms with van der Waals surface area (Å²) in [7, 11) is -3.75. The molecule has 1 aliphatic heterocycles. The number of amides is 1. The number of rotatable bonds is 6. The van der Waals surface area contributed by atoms with Gasteiger partial charge in [-0.25, -0.2) is 13.1 Å². The SMILES string of the molecule is O=C(Nc1ccccc1-c1ccccc1)C1CCCN(S(=O)(=O)c2ccc(-n3cnnn3)cc2)C1. The van der Waals surface area contributed by atoms with Gasteiger partial charge in [0.25, 0.3) is 0 Å². The second kappa shape index (κ2) is 9.77. The molecule has 178 valence electrons. The molecule has 1 unspecified atom stereocenters. The van der Waals surface area contributed by atoms with Crippen molar-refractivity contribution >= 4 is 21.6 Å². The zero-order valence-corrected chi connectivity index (χ0v) is 19.7. The number of nitrogens with one attached hydrogen (secondary N) is 1. The van der Waals surface area contributed by atoms with Crippen molar-refractivity contribution < 1.29 is 13.2 Å². The molecule has 2 heterocycles.